The highest BCUT2D eigenvalue weighted by atomic mass is 16.2. The van der Waals surface area contributed by atoms with E-state index < -0.39 is 0 Å². The van der Waals surface area contributed by atoms with Crippen LogP contribution in [0.25, 0.3) is 5.82 Å². The van der Waals surface area contributed by atoms with Crippen LogP contribution in [0.5, 0.6) is 0 Å². The van der Waals surface area contributed by atoms with Gasteiger partial charge < -0.3 is 9.80 Å². The van der Waals surface area contributed by atoms with Gasteiger partial charge in [-0.3, -0.25) is 9.36 Å². The molecule has 0 unspecified atom stereocenters. The number of hydrogen-bond donors (Lipinski definition) is 0. The fraction of sp³-hybridized carbons (Fsp3) is 0.250. The minimum Gasteiger partial charge on any atom is -0.353 e. The maximum absolute atomic E-state index is 12.7. The first-order chi connectivity index (χ1) is 13.7. The van der Waals surface area contributed by atoms with Gasteiger partial charge in [0.1, 0.15) is 23.8 Å². The largest absolute Gasteiger partial charge is 0.353 e. The van der Waals surface area contributed by atoms with Gasteiger partial charge in [-0.1, -0.05) is 0 Å². The summed E-state index contributed by atoms with van der Waals surface area (Å²) in [5, 5.41) is 8.88. The lowest BCUT2D eigenvalue weighted by atomic mass is 10.1. The first-order valence-electron chi connectivity index (χ1n) is 9.02. The molecular formula is C20H19N7O. The van der Waals surface area contributed by atoms with E-state index in [0.717, 1.165) is 17.5 Å². The lowest BCUT2D eigenvalue weighted by Crippen LogP contribution is -2.49. The molecule has 3 heterocycles. The van der Waals surface area contributed by atoms with Gasteiger partial charge in [0.05, 0.1) is 11.6 Å². The first kappa shape index (κ1) is 17.7. The van der Waals surface area contributed by atoms with Crippen molar-refractivity contribution in [2.45, 2.75) is 6.92 Å². The van der Waals surface area contributed by atoms with Gasteiger partial charge in [0, 0.05) is 50.2 Å². The number of carbonyl (C=O) groups excluding carboxylic acids is 1. The highest BCUT2D eigenvalue weighted by Gasteiger charge is 2.23. The Morgan fingerprint density at radius 1 is 1.04 bits per heavy atom. The summed E-state index contributed by atoms with van der Waals surface area (Å²) in [6.07, 6.45) is 5.17. The monoisotopic (exact) mass is 373 g/mol. The Hall–Kier alpha value is -3.73. The van der Waals surface area contributed by atoms with Crippen molar-refractivity contribution in [3.8, 4) is 11.9 Å². The molecule has 28 heavy (non-hydrogen) atoms. The van der Waals surface area contributed by atoms with Crippen LogP contribution in [0, 0.1) is 18.3 Å². The molecule has 0 atom stereocenters. The standard InChI is InChI=1S/C20H19N7O/c1-15-22-6-7-27(15)19-12-18(23-14-24-19)25-8-10-26(11-9-25)20(28)17-4-2-16(13-21)3-5-17/h2-7,12,14H,8-11H2,1H3. The van der Waals surface area contributed by atoms with Crippen molar-refractivity contribution in [3.05, 3.63) is 66.0 Å². The second kappa shape index (κ2) is 7.48. The Kier molecular flexibility index (Phi) is 4.72. The zero-order valence-corrected chi connectivity index (χ0v) is 15.5. The molecule has 1 saturated heterocycles. The van der Waals surface area contributed by atoms with E-state index in [-0.39, 0.29) is 5.91 Å². The van der Waals surface area contributed by atoms with Crippen molar-refractivity contribution >= 4 is 11.7 Å². The quantitative estimate of drug-likeness (QED) is 0.695. The van der Waals surface area contributed by atoms with Crippen LogP contribution in [0.15, 0.2) is 49.1 Å². The van der Waals surface area contributed by atoms with Crippen molar-refractivity contribution in [1.82, 2.24) is 24.4 Å². The van der Waals surface area contributed by atoms with Gasteiger partial charge >= 0.3 is 0 Å². The van der Waals surface area contributed by atoms with E-state index in [1.165, 1.54) is 0 Å². The summed E-state index contributed by atoms with van der Waals surface area (Å²) in [4.78, 5) is 29.6. The predicted octanol–water partition coefficient (Wildman–Crippen LogP) is 1.80. The molecule has 8 nitrogen and oxygen atoms in total. The van der Waals surface area contributed by atoms with Gasteiger partial charge in [0.2, 0.25) is 0 Å². The number of benzene rings is 1. The zero-order chi connectivity index (χ0) is 19.5. The van der Waals surface area contributed by atoms with E-state index in [4.69, 9.17) is 5.26 Å². The molecule has 0 saturated carbocycles. The van der Waals surface area contributed by atoms with E-state index in [1.54, 1.807) is 36.8 Å². The molecule has 2 aromatic heterocycles. The van der Waals surface area contributed by atoms with E-state index in [9.17, 15) is 4.79 Å². The number of piperazine rings is 1. The van der Waals surface area contributed by atoms with Gasteiger partial charge in [0.25, 0.3) is 5.91 Å². The molecule has 140 valence electrons. The van der Waals surface area contributed by atoms with Gasteiger partial charge in [-0.15, -0.1) is 0 Å². The van der Waals surface area contributed by atoms with Gasteiger partial charge in [0.15, 0.2) is 0 Å². The minimum absolute atomic E-state index is 0.0124. The van der Waals surface area contributed by atoms with E-state index >= 15 is 0 Å². The van der Waals surface area contributed by atoms with Crippen LogP contribution in [0.1, 0.15) is 21.7 Å². The fourth-order valence-corrected chi connectivity index (χ4v) is 3.27. The number of hydrogen-bond acceptors (Lipinski definition) is 6. The molecule has 0 bridgehead atoms. The molecule has 1 aliphatic heterocycles. The van der Waals surface area contributed by atoms with Crippen LogP contribution in [0.4, 0.5) is 5.82 Å². The molecule has 1 aliphatic rings. The average Bonchev–Trinajstić information content (AvgIpc) is 3.19. The van der Waals surface area contributed by atoms with Crippen LogP contribution in [0.2, 0.25) is 0 Å². The van der Waals surface area contributed by atoms with E-state index in [2.05, 4.69) is 25.9 Å². The molecule has 0 N–H and O–H groups in total. The van der Waals surface area contributed by atoms with E-state index in [1.807, 2.05) is 28.7 Å². The Morgan fingerprint density at radius 3 is 2.39 bits per heavy atom. The number of nitrogens with zero attached hydrogens (tertiary/aromatic N) is 7. The molecule has 0 spiro atoms. The highest BCUT2D eigenvalue weighted by Crippen LogP contribution is 2.18. The molecule has 4 rings (SSSR count). The number of nitriles is 1. The number of rotatable bonds is 3. The average molecular weight is 373 g/mol. The second-order valence-corrected chi connectivity index (χ2v) is 6.55. The third kappa shape index (κ3) is 3.42. The SMILES string of the molecule is Cc1nccn1-c1cc(N2CCN(C(=O)c3ccc(C#N)cc3)CC2)ncn1. The smallest absolute Gasteiger partial charge is 0.253 e. The van der Waals surface area contributed by atoms with Crippen molar-refractivity contribution in [2.75, 3.05) is 31.1 Å². The van der Waals surface area contributed by atoms with Gasteiger partial charge in [-0.25, -0.2) is 15.0 Å². The van der Waals surface area contributed by atoms with Crippen LogP contribution < -0.4 is 4.90 Å². The van der Waals surface area contributed by atoms with Crippen molar-refractivity contribution in [3.63, 3.8) is 0 Å². The summed E-state index contributed by atoms with van der Waals surface area (Å²) in [6.45, 7) is 4.54. The molecule has 1 amide bonds. The lowest BCUT2D eigenvalue weighted by Gasteiger charge is -2.35. The Labute approximate surface area is 162 Å². The van der Waals surface area contributed by atoms with Crippen LogP contribution in [-0.2, 0) is 0 Å². The van der Waals surface area contributed by atoms with Crippen molar-refractivity contribution in [2.24, 2.45) is 0 Å². The topological polar surface area (TPSA) is 90.9 Å². The van der Waals surface area contributed by atoms with Gasteiger partial charge in [-0.2, -0.15) is 5.26 Å². The summed E-state index contributed by atoms with van der Waals surface area (Å²) < 4.78 is 1.91. The number of anilines is 1. The maximum atomic E-state index is 12.7. The zero-order valence-electron chi connectivity index (χ0n) is 15.5. The van der Waals surface area contributed by atoms with Crippen LogP contribution >= 0.6 is 0 Å². The first-order valence-corrected chi connectivity index (χ1v) is 9.02. The highest BCUT2D eigenvalue weighted by molar-refractivity contribution is 5.94. The molecule has 8 heteroatoms. The molecule has 0 aliphatic carbocycles. The summed E-state index contributed by atoms with van der Waals surface area (Å²) in [5.41, 5.74) is 1.15. The Morgan fingerprint density at radius 2 is 1.75 bits per heavy atom. The maximum Gasteiger partial charge on any atom is 0.253 e. The minimum atomic E-state index is -0.0124. The molecule has 1 fully saturated rings. The fourth-order valence-electron chi connectivity index (χ4n) is 3.27. The van der Waals surface area contributed by atoms with Crippen LogP contribution in [0.3, 0.4) is 0 Å². The summed E-state index contributed by atoms with van der Waals surface area (Å²) in [7, 11) is 0. The summed E-state index contributed by atoms with van der Waals surface area (Å²) in [5.74, 6) is 2.46. The molecule has 0 radical (unpaired) electrons. The number of aromatic nitrogens is 4. The summed E-state index contributed by atoms with van der Waals surface area (Å²) in [6, 6.07) is 10.8. The number of carbonyl (C=O) groups is 1. The molecule has 1 aromatic carbocycles. The number of amides is 1. The van der Waals surface area contributed by atoms with E-state index in [0.29, 0.717) is 37.3 Å². The third-order valence-corrected chi connectivity index (χ3v) is 4.86. The summed E-state index contributed by atoms with van der Waals surface area (Å²) >= 11 is 0. The molecular weight excluding hydrogens is 354 g/mol. The predicted molar refractivity (Wildman–Crippen MR) is 103 cm³/mol. The Balaban J connectivity index is 1.43. The third-order valence-electron chi connectivity index (χ3n) is 4.86. The second-order valence-electron chi connectivity index (χ2n) is 6.55. The Bertz CT molecular complexity index is 1030. The molecule has 3 aromatic rings. The van der Waals surface area contributed by atoms with Crippen molar-refractivity contribution < 1.29 is 4.79 Å². The normalized spacial score (nSPS) is 14.0. The van der Waals surface area contributed by atoms with Crippen molar-refractivity contribution in [1.29, 1.82) is 5.26 Å². The lowest BCUT2D eigenvalue weighted by molar-refractivity contribution is 0.0746. The number of imidazole rings is 1. The number of aryl methyl sites for hydroxylation is 1. The van der Waals surface area contributed by atoms with Crippen LogP contribution in [-0.4, -0.2) is 56.5 Å². The van der Waals surface area contributed by atoms with Gasteiger partial charge in [-0.05, 0) is 31.2 Å².